The van der Waals surface area contributed by atoms with Gasteiger partial charge in [-0.15, -0.1) is 0 Å². The molecule has 0 radical (unpaired) electrons. The molecular weight excluding hydrogens is 259 g/mol. The largest absolute Gasteiger partial charge is 0.497 e. The van der Waals surface area contributed by atoms with Gasteiger partial charge < -0.3 is 10.5 Å². The zero-order chi connectivity index (χ0) is 14.0. The summed E-state index contributed by atoms with van der Waals surface area (Å²) in [7, 11) is 1.43. The van der Waals surface area contributed by atoms with Crippen molar-refractivity contribution in [1.82, 2.24) is 9.97 Å². The molecule has 1 aromatic carbocycles. The van der Waals surface area contributed by atoms with Gasteiger partial charge >= 0.3 is 6.18 Å². The van der Waals surface area contributed by atoms with Gasteiger partial charge in [0, 0.05) is 11.8 Å². The summed E-state index contributed by atoms with van der Waals surface area (Å²) in [5.41, 5.74) is 4.42. The van der Waals surface area contributed by atoms with Crippen LogP contribution in [0.25, 0.3) is 11.3 Å². The van der Waals surface area contributed by atoms with Crippen LogP contribution >= 0.6 is 0 Å². The lowest BCUT2D eigenvalue weighted by molar-refractivity contribution is -0.137. The van der Waals surface area contributed by atoms with E-state index >= 15 is 0 Å². The Morgan fingerprint density at radius 1 is 1.26 bits per heavy atom. The monoisotopic (exact) mass is 269 g/mol. The first-order chi connectivity index (χ1) is 8.91. The first-order valence-corrected chi connectivity index (χ1v) is 5.26. The van der Waals surface area contributed by atoms with Crippen LogP contribution in [-0.2, 0) is 6.18 Å². The predicted octanol–water partition coefficient (Wildman–Crippen LogP) is 2.75. The Hall–Kier alpha value is -2.31. The molecule has 7 heteroatoms. The minimum atomic E-state index is -4.55. The molecule has 0 saturated heterocycles. The summed E-state index contributed by atoms with van der Waals surface area (Å²) < 4.78 is 43.7. The number of ether oxygens (including phenoxy) is 1. The molecular formula is C12H10F3N3O. The lowest BCUT2D eigenvalue weighted by Gasteiger charge is -2.12. The molecule has 1 aromatic heterocycles. The van der Waals surface area contributed by atoms with Gasteiger partial charge in [0.05, 0.1) is 12.8 Å². The van der Waals surface area contributed by atoms with Crippen LogP contribution in [0.15, 0.2) is 30.5 Å². The molecule has 19 heavy (non-hydrogen) atoms. The molecule has 0 spiro atoms. The van der Waals surface area contributed by atoms with Crippen LogP contribution in [0.1, 0.15) is 5.56 Å². The molecule has 2 rings (SSSR count). The van der Waals surface area contributed by atoms with Gasteiger partial charge in [-0.3, -0.25) is 0 Å². The van der Waals surface area contributed by atoms with E-state index < -0.39 is 11.7 Å². The van der Waals surface area contributed by atoms with Gasteiger partial charge in [-0.05, 0) is 12.1 Å². The number of halogens is 3. The third kappa shape index (κ3) is 2.75. The first kappa shape index (κ1) is 13.1. The van der Waals surface area contributed by atoms with Crippen molar-refractivity contribution in [3.05, 3.63) is 36.0 Å². The molecule has 0 aliphatic rings. The lowest BCUT2D eigenvalue weighted by Crippen LogP contribution is -2.11. The van der Waals surface area contributed by atoms with Crippen molar-refractivity contribution >= 4 is 5.95 Å². The fourth-order valence-electron chi connectivity index (χ4n) is 1.59. The normalized spacial score (nSPS) is 11.4. The maximum absolute atomic E-state index is 12.9. The molecule has 0 atom stereocenters. The molecule has 0 saturated carbocycles. The molecule has 4 nitrogen and oxygen atoms in total. The molecule has 0 unspecified atom stereocenters. The average molecular weight is 269 g/mol. The second-order valence-corrected chi connectivity index (χ2v) is 3.72. The third-order valence-electron chi connectivity index (χ3n) is 2.46. The van der Waals surface area contributed by atoms with E-state index in [9.17, 15) is 13.2 Å². The number of rotatable bonds is 2. The van der Waals surface area contributed by atoms with Crippen molar-refractivity contribution in [3.8, 4) is 17.0 Å². The van der Waals surface area contributed by atoms with Crippen molar-refractivity contribution in [3.63, 3.8) is 0 Å². The number of nitrogens with two attached hydrogens (primary N) is 1. The maximum Gasteiger partial charge on any atom is 0.419 e. The fraction of sp³-hybridized carbons (Fsp3) is 0.167. The quantitative estimate of drug-likeness (QED) is 0.910. The highest BCUT2D eigenvalue weighted by molar-refractivity contribution is 5.66. The molecule has 2 N–H and O–H groups in total. The van der Waals surface area contributed by atoms with E-state index in [4.69, 9.17) is 10.5 Å². The molecule has 2 aromatic rings. The Labute approximate surface area is 107 Å². The van der Waals surface area contributed by atoms with Crippen molar-refractivity contribution in [2.75, 3.05) is 12.8 Å². The number of alkyl halides is 3. The third-order valence-corrected chi connectivity index (χ3v) is 2.46. The van der Waals surface area contributed by atoms with E-state index in [1.54, 1.807) is 12.1 Å². The molecule has 0 fully saturated rings. The number of nitrogens with zero attached hydrogens (tertiary/aromatic N) is 2. The Balaban J connectivity index is 2.63. The van der Waals surface area contributed by atoms with Crippen molar-refractivity contribution in [2.24, 2.45) is 0 Å². The van der Waals surface area contributed by atoms with Gasteiger partial charge in [0.15, 0.2) is 0 Å². The van der Waals surface area contributed by atoms with Crippen molar-refractivity contribution in [2.45, 2.75) is 6.18 Å². The van der Waals surface area contributed by atoms with Crippen LogP contribution in [0.5, 0.6) is 5.75 Å². The van der Waals surface area contributed by atoms with Gasteiger partial charge in [0.2, 0.25) is 5.95 Å². The molecule has 0 aliphatic heterocycles. The number of benzene rings is 1. The standard InChI is InChI=1S/C12H10F3N3O/c1-19-8-4-2-3-7(5-8)10-9(12(13,14)15)6-17-11(16)18-10/h2-6H,1H3,(H2,16,17,18). The minimum Gasteiger partial charge on any atom is -0.497 e. The van der Waals surface area contributed by atoms with Gasteiger partial charge in [0.1, 0.15) is 11.3 Å². The summed E-state index contributed by atoms with van der Waals surface area (Å²) in [4.78, 5) is 7.07. The fourth-order valence-corrected chi connectivity index (χ4v) is 1.59. The van der Waals surface area contributed by atoms with E-state index in [2.05, 4.69) is 9.97 Å². The first-order valence-electron chi connectivity index (χ1n) is 5.26. The Bertz CT molecular complexity index is 599. The summed E-state index contributed by atoms with van der Waals surface area (Å²) in [5, 5.41) is 0. The lowest BCUT2D eigenvalue weighted by atomic mass is 10.1. The Morgan fingerprint density at radius 2 is 2.00 bits per heavy atom. The van der Waals surface area contributed by atoms with E-state index in [1.165, 1.54) is 19.2 Å². The van der Waals surface area contributed by atoms with Crippen LogP contribution in [0, 0.1) is 0 Å². The number of hydrogen-bond donors (Lipinski definition) is 1. The average Bonchev–Trinajstić information content (AvgIpc) is 2.37. The second-order valence-electron chi connectivity index (χ2n) is 3.72. The molecule has 0 aliphatic carbocycles. The molecule has 1 heterocycles. The summed E-state index contributed by atoms with van der Waals surface area (Å²) in [6.07, 6.45) is -3.87. The van der Waals surface area contributed by atoms with Gasteiger partial charge in [-0.2, -0.15) is 13.2 Å². The van der Waals surface area contributed by atoms with Gasteiger partial charge in [0.25, 0.3) is 0 Å². The van der Waals surface area contributed by atoms with E-state index in [0.29, 0.717) is 11.9 Å². The van der Waals surface area contributed by atoms with Crippen LogP contribution in [-0.4, -0.2) is 17.1 Å². The van der Waals surface area contributed by atoms with E-state index in [1.807, 2.05) is 0 Å². The summed E-state index contributed by atoms with van der Waals surface area (Å²) in [5.74, 6) is 0.216. The Morgan fingerprint density at radius 3 is 2.63 bits per heavy atom. The predicted molar refractivity (Wildman–Crippen MR) is 63.4 cm³/mol. The van der Waals surface area contributed by atoms with Crippen LogP contribution in [0.4, 0.5) is 19.1 Å². The molecule has 0 bridgehead atoms. The zero-order valence-electron chi connectivity index (χ0n) is 9.90. The Kier molecular flexibility index (Phi) is 3.28. The van der Waals surface area contributed by atoms with Crippen molar-refractivity contribution < 1.29 is 17.9 Å². The summed E-state index contributed by atoms with van der Waals surface area (Å²) in [6, 6.07) is 6.16. The second kappa shape index (κ2) is 4.75. The smallest absolute Gasteiger partial charge is 0.419 e. The summed E-state index contributed by atoms with van der Waals surface area (Å²) >= 11 is 0. The summed E-state index contributed by atoms with van der Waals surface area (Å²) in [6.45, 7) is 0. The highest BCUT2D eigenvalue weighted by Gasteiger charge is 2.35. The van der Waals surface area contributed by atoms with Gasteiger partial charge in [-0.1, -0.05) is 12.1 Å². The molecule has 0 amide bonds. The van der Waals surface area contributed by atoms with E-state index in [0.717, 1.165) is 0 Å². The van der Waals surface area contributed by atoms with E-state index in [-0.39, 0.29) is 17.2 Å². The number of hydrogen-bond acceptors (Lipinski definition) is 4. The SMILES string of the molecule is COc1cccc(-c2nc(N)ncc2C(F)(F)F)c1. The van der Waals surface area contributed by atoms with Gasteiger partial charge in [-0.25, -0.2) is 9.97 Å². The maximum atomic E-state index is 12.9. The van der Waals surface area contributed by atoms with Crippen LogP contribution < -0.4 is 10.5 Å². The van der Waals surface area contributed by atoms with Crippen molar-refractivity contribution in [1.29, 1.82) is 0 Å². The van der Waals surface area contributed by atoms with Crippen LogP contribution in [0.3, 0.4) is 0 Å². The minimum absolute atomic E-state index is 0.217. The molecule has 100 valence electrons. The highest BCUT2D eigenvalue weighted by atomic mass is 19.4. The number of methoxy groups -OCH3 is 1. The number of aromatic nitrogens is 2. The number of nitrogen functional groups attached to an aromatic ring is 1. The highest BCUT2D eigenvalue weighted by Crippen LogP contribution is 2.36. The van der Waals surface area contributed by atoms with Crippen LogP contribution in [0.2, 0.25) is 0 Å². The topological polar surface area (TPSA) is 61.0 Å². The zero-order valence-corrected chi connectivity index (χ0v) is 9.90. The number of anilines is 1.